The van der Waals surface area contributed by atoms with Crippen LogP contribution in [0, 0.1) is 0 Å². The summed E-state index contributed by atoms with van der Waals surface area (Å²) in [6.45, 7) is 0.707. The molecule has 20 heavy (non-hydrogen) atoms. The lowest BCUT2D eigenvalue weighted by molar-refractivity contribution is -0.116. The van der Waals surface area contributed by atoms with Gasteiger partial charge in [-0.25, -0.2) is 10.6 Å². The summed E-state index contributed by atoms with van der Waals surface area (Å²) in [6.07, 6.45) is 3.05. The maximum Gasteiger partial charge on any atom is 0.224 e. The number of nitrogens with zero attached hydrogens (tertiary/aromatic N) is 1. The first-order chi connectivity index (χ1) is 9.58. The Kier molecular flexibility index (Phi) is 8.00. The molecular weight excluding hydrogens is 280 g/mol. The molecule has 0 fully saturated rings. The molecule has 0 aliphatic heterocycles. The molecule has 0 radical (unpaired) electrons. The lowest BCUT2D eigenvalue weighted by Crippen LogP contribution is -2.24. The molecule has 6 N–H and O–H groups in total. The van der Waals surface area contributed by atoms with E-state index in [1.54, 1.807) is 12.1 Å². The standard InChI is InChI=1S/C12H20N4O3S/c13-16(19)20-14-9-3-1-2-4-12(18)15-10-5-7-11(17)8-6-10/h5-8,14,17,19H,1-4,9,13H2,(H,15,18). The zero-order valence-corrected chi connectivity index (χ0v) is 11.9. The van der Waals surface area contributed by atoms with Gasteiger partial charge in [-0.15, -0.1) is 0 Å². The zero-order chi connectivity index (χ0) is 14.8. The average molecular weight is 300 g/mol. The van der Waals surface area contributed by atoms with Crippen LogP contribution >= 0.6 is 12.1 Å². The van der Waals surface area contributed by atoms with Crippen molar-refractivity contribution in [1.82, 2.24) is 9.30 Å². The highest BCUT2D eigenvalue weighted by Gasteiger charge is 2.02. The third-order valence-electron chi connectivity index (χ3n) is 2.49. The van der Waals surface area contributed by atoms with E-state index in [9.17, 15) is 4.79 Å². The minimum absolute atomic E-state index is 0.0403. The summed E-state index contributed by atoms with van der Waals surface area (Å²) in [7, 11) is 0. The highest BCUT2D eigenvalue weighted by molar-refractivity contribution is 7.94. The number of phenols is 1. The summed E-state index contributed by atoms with van der Waals surface area (Å²) >= 11 is 0.915. The van der Waals surface area contributed by atoms with Crippen molar-refractivity contribution in [1.29, 1.82) is 0 Å². The van der Waals surface area contributed by atoms with Crippen molar-refractivity contribution in [3.8, 4) is 5.75 Å². The fourth-order valence-electron chi connectivity index (χ4n) is 1.54. The Morgan fingerprint density at radius 2 is 1.95 bits per heavy atom. The van der Waals surface area contributed by atoms with Crippen LogP contribution in [0.2, 0.25) is 0 Å². The van der Waals surface area contributed by atoms with E-state index in [0.29, 0.717) is 23.2 Å². The number of nitrogens with one attached hydrogen (secondary N) is 2. The molecule has 1 amide bonds. The molecule has 0 saturated carbocycles. The number of hydrogen-bond donors (Lipinski definition) is 5. The molecule has 0 aliphatic rings. The monoisotopic (exact) mass is 300 g/mol. The van der Waals surface area contributed by atoms with E-state index in [2.05, 4.69) is 10.0 Å². The van der Waals surface area contributed by atoms with Crippen LogP contribution in [0.3, 0.4) is 0 Å². The highest BCUT2D eigenvalue weighted by Crippen LogP contribution is 2.14. The van der Waals surface area contributed by atoms with Gasteiger partial charge in [0.15, 0.2) is 0 Å². The van der Waals surface area contributed by atoms with E-state index in [1.165, 1.54) is 12.1 Å². The van der Waals surface area contributed by atoms with Gasteiger partial charge in [0.25, 0.3) is 0 Å². The molecule has 7 nitrogen and oxygen atoms in total. The molecule has 0 spiro atoms. The maximum atomic E-state index is 11.6. The van der Waals surface area contributed by atoms with E-state index >= 15 is 0 Å². The van der Waals surface area contributed by atoms with Crippen molar-refractivity contribution in [2.24, 2.45) is 5.84 Å². The first-order valence-corrected chi connectivity index (χ1v) is 7.07. The fourth-order valence-corrected chi connectivity index (χ4v) is 1.91. The molecule has 0 atom stereocenters. The third kappa shape index (κ3) is 7.97. The molecule has 0 aliphatic carbocycles. The first kappa shape index (κ1) is 16.7. The summed E-state index contributed by atoms with van der Waals surface area (Å²) in [5.41, 5.74) is 0.678. The van der Waals surface area contributed by atoms with Crippen LogP contribution in [-0.4, -0.2) is 27.3 Å². The molecule has 112 valence electrons. The predicted octanol–water partition coefficient (Wildman–Crippen LogP) is 1.61. The van der Waals surface area contributed by atoms with Gasteiger partial charge in [-0.05, 0) is 37.1 Å². The minimum Gasteiger partial charge on any atom is -0.508 e. The van der Waals surface area contributed by atoms with E-state index < -0.39 is 0 Å². The lowest BCUT2D eigenvalue weighted by atomic mass is 10.2. The van der Waals surface area contributed by atoms with Gasteiger partial charge in [0.1, 0.15) is 5.75 Å². The Balaban J connectivity index is 2.04. The molecule has 8 heteroatoms. The van der Waals surface area contributed by atoms with Gasteiger partial charge in [-0.2, -0.15) is 0 Å². The second-order valence-corrected chi connectivity index (χ2v) is 5.04. The van der Waals surface area contributed by atoms with Gasteiger partial charge in [0, 0.05) is 18.7 Å². The van der Waals surface area contributed by atoms with E-state index in [1.807, 2.05) is 0 Å². The molecule has 0 heterocycles. The van der Waals surface area contributed by atoms with Crippen LogP contribution in [0.1, 0.15) is 25.7 Å². The van der Waals surface area contributed by atoms with Crippen LogP contribution in [0.25, 0.3) is 0 Å². The molecule has 0 bridgehead atoms. The number of rotatable bonds is 9. The summed E-state index contributed by atoms with van der Waals surface area (Å²) < 4.78 is 3.37. The number of carbonyl (C=O) groups is 1. The van der Waals surface area contributed by atoms with Crippen molar-refractivity contribution < 1.29 is 15.1 Å². The van der Waals surface area contributed by atoms with Crippen molar-refractivity contribution in [3.05, 3.63) is 24.3 Å². The molecule has 0 aromatic heterocycles. The maximum absolute atomic E-state index is 11.6. The number of aromatic hydroxyl groups is 1. The first-order valence-electron chi connectivity index (χ1n) is 6.30. The zero-order valence-electron chi connectivity index (χ0n) is 11.1. The summed E-state index contributed by atoms with van der Waals surface area (Å²) in [5.74, 6) is 5.11. The van der Waals surface area contributed by atoms with Crippen LogP contribution in [0.5, 0.6) is 5.75 Å². The number of hydrazine groups is 1. The van der Waals surface area contributed by atoms with Gasteiger partial charge in [0.05, 0.1) is 12.1 Å². The number of carbonyl (C=O) groups excluding carboxylic acids is 1. The van der Waals surface area contributed by atoms with Crippen LogP contribution in [-0.2, 0) is 4.79 Å². The largest absolute Gasteiger partial charge is 0.508 e. The molecule has 1 aromatic rings. The Hall–Kier alpha value is -1.32. The highest BCUT2D eigenvalue weighted by atomic mass is 32.2. The number of amides is 1. The van der Waals surface area contributed by atoms with Gasteiger partial charge >= 0.3 is 0 Å². The van der Waals surface area contributed by atoms with E-state index in [0.717, 1.165) is 31.4 Å². The SMILES string of the molecule is NN(O)SNCCCCCC(=O)Nc1ccc(O)cc1. The van der Waals surface area contributed by atoms with Gasteiger partial charge < -0.3 is 10.4 Å². The van der Waals surface area contributed by atoms with Gasteiger partial charge in [-0.1, -0.05) is 11.0 Å². The van der Waals surface area contributed by atoms with Crippen LogP contribution in [0.15, 0.2) is 24.3 Å². The lowest BCUT2D eigenvalue weighted by Gasteiger charge is -2.07. The Morgan fingerprint density at radius 1 is 1.25 bits per heavy atom. The number of nitrogens with two attached hydrogens (primary N) is 1. The topological polar surface area (TPSA) is 111 Å². The second-order valence-electron chi connectivity index (χ2n) is 4.19. The quantitative estimate of drug-likeness (QED) is 0.155. The molecule has 0 saturated heterocycles. The van der Waals surface area contributed by atoms with Crippen LogP contribution in [0.4, 0.5) is 5.69 Å². The summed E-state index contributed by atoms with van der Waals surface area (Å²) in [6, 6.07) is 6.37. The minimum atomic E-state index is -0.0403. The number of hydrogen-bond acceptors (Lipinski definition) is 7. The van der Waals surface area contributed by atoms with Gasteiger partial charge in [0.2, 0.25) is 5.91 Å². The fraction of sp³-hybridized carbons (Fsp3) is 0.417. The van der Waals surface area contributed by atoms with Crippen molar-refractivity contribution in [3.63, 3.8) is 0 Å². The van der Waals surface area contributed by atoms with Crippen molar-refractivity contribution in [2.45, 2.75) is 25.7 Å². The van der Waals surface area contributed by atoms with E-state index in [-0.39, 0.29) is 11.7 Å². The molecule has 1 rings (SSSR count). The Bertz CT molecular complexity index is 400. The van der Waals surface area contributed by atoms with E-state index in [4.69, 9.17) is 16.2 Å². The Labute approximate surface area is 122 Å². The van der Waals surface area contributed by atoms with Crippen molar-refractivity contribution >= 4 is 23.7 Å². The number of unbranched alkanes of at least 4 members (excludes halogenated alkanes) is 2. The molecule has 1 aromatic carbocycles. The van der Waals surface area contributed by atoms with Crippen molar-refractivity contribution in [2.75, 3.05) is 11.9 Å². The van der Waals surface area contributed by atoms with Crippen LogP contribution < -0.4 is 15.9 Å². The second kappa shape index (κ2) is 9.56. The predicted molar refractivity (Wildman–Crippen MR) is 78.6 cm³/mol. The third-order valence-corrected chi connectivity index (χ3v) is 3.01. The summed E-state index contributed by atoms with van der Waals surface area (Å²) in [5, 5.41) is 20.5. The number of benzene rings is 1. The normalized spacial score (nSPS) is 10.8. The molecular formula is C12H20N4O3S. The Morgan fingerprint density at radius 3 is 2.60 bits per heavy atom. The van der Waals surface area contributed by atoms with Gasteiger partial charge in [-0.3, -0.25) is 10.0 Å². The average Bonchev–Trinajstić information content (AvgIpc) is 2.40. The smallest absolute Gasteiger partial charge is 0.224 e. The summed E-state index contributed by atoms with van der Waals surface area (Å²) in [4.78, 5) is 11.6. The number of anilines is 1. The number of phenolic OH excluding ortho intramolecular Hbond substituents is 1. The molecule has 0 unspecified atom stereocenters.